The number of carbonyl (C=O) groups is 2. The molecule has 4 rings (SSSR count). The van der Waals surface area contributed by atoms with Crippen molar-refractivity contribution >= 4 is 17.9 Å². The molecule has 1 unspecified atom stereocenters. The molecule has 1 heterocycles. The first-order chi connectivity index (χ1) is 15.6. The van der Waals surface area contributed by atoms with Crippen LogP contribution in [0.1, 0.15) is 57.9 Å². The highest BCUT2D eigenvalue weighted by atomic mass is 16.1. The van der Waals surface area contributed by atoms with Crippen LogP contribution in [0, 0.1) is 6.92 Å². The van der Waals surface area contributed by atoms with Gasteiger partial charge >= 0.3 is 0 Å². The predicted molar refractivity (Wildman–Crippen MR) is 129 cm³/mol. The van der Waals surface area contributed by atoms with Crippen LogP contribution in [0.25, 0.3) is 0 Å². The molecule has 0 saturated carbocycles. The molecule has 164 valence electrons. The molecule has 1 fully saturated rings. The van der Waals surface area contributed by atoms with Crippen molar-refractivity contribution in [3.05, 3.63) is 101 Å². The SMILES string of the molecule is Cc1ccc(C(NC(=O)Cc2ccc(C=O)cc2)c2ccccc2N2CCCCC2)cc1. The van der Waals surface area contributed by atoms with E-state index in [4.69, 9.17) is 0 Å². The molecule has 0 spiro atoms. The summed E-state index contributed by atoms with van der Waals surface area (Å²) in [6.45, 7) is 4.17. The van der Waals surface area contributed by atoms with E-state index >= 15 is 0 Å². The number of anilines is 1. The zero-order chi connectivity index (χ0) is 22.3. The third kappa shape index (κ3) is 5.25. The normalized spacial score (nSPS) is 14.6. The van der Waals surface area contributed by atoms with E-state index in [9.17, 15) is 9.59 Å². The Hall–Kier alpha value is -3.40. The summed E-state index contributed by atoms with van der Waals surface area (Å²) in [5.41, 5.74) is 6.10. The van der Waals surface area contributed by atoms with Crippen molar-refractivity contribution in [2.24, 2.45) is 0 Å². The molecule has 0 aliphatic carbocycles. The zero-order valence-electron chi connectivity index (χ0n) is 18.6. The Kier molecular flexibility index (Phi) is 7.00. The summed E-state index contributed by atoms with van der Waals surface area (Å²) in [5.74, 6) is -0.0390. The monoisotopic (exact) mass is 426 g/mol. The third-order valence-corrected chi connectivity index (χ3v) is 6.14. The Balaban J connectivity index is 1.63. The average Bonchev–Trinajstić information content (AvgIpc) is 2.84. The lowest BCUT2D eigenvalue weighted by Gasteiger charge is -2.33. The molecule has 3 aromatic rings. The van der Waals surface area contributed by atoms with Gasteiger partial charge in [0.25, 0.3) is 0 Å². The van der Waals surface area contributed by atoms with Crippen molar-refractivity contribution in [2.45, 2.75) is 38.6 Å². The second-order valence-electron chi connectivity index (χ2n) is 8.55. The number of benzene rings is 3. The Morgan fingerprint density at radius 1 is 0.938 bits per heavy atom. The minimum Gasteiger partial charge on any atom is -0.371 e. The van der Waals surface area contributed by atoms with Gasteiger partial charge in [-0.05, 0) is 43.4 Å². The van der Waals surface area contributed by atoms with Crippen LogP contribution in [0.4, 0.5) is 5.69 Å². The fourth-order valence-electron chi connectivity index (χ4n) is 4.37. The molecule has 1 aliphatic rings. The van der Waals surface area contributed by atoms with Crippen LogP contribution in [0.3, 0.4) is 0 Å². The number of para-hydroxylation sites is 1. The second kappa shape index (κ2) is 10.3. The first-order valence-electron chi connectivity index (χ1n) is 11.4. The number of rotatable bonds is 7. The molecular formula is C28H30N2O2. The van der Waals surface area contributed by atoms with E-state index in [1.165, 1.54) is 30.5 Å². The van der Waals surface area contributed by atoms with Gasteiger partial charge in [-0.15, -0.1) is 0 Å². The van der Waals surface area contributed by atoms with Gasteiger partial charge in [0.2, 0.25) is 5.91 Å². The number of aryl methyl sites for hydroxylation is 1. The van der Waals surface area contributed by atoms with Crippen LogP contribution in [0.2, 0.25) is 0 Å². The number of aldehydes is 1. The lowest BCUT2D eigenvalue weighted by atomic mass is 9.94. The summed E-state index contributed by atoms with van der Waals surface area (Å²) in [4.78, 5) is 26.4. The number of amides is 1. The number of piperidine rings is 1. The van der Waals surface area contributed by atoms with Crippen LogP contribution < -0.4 is 10.2 Å². The predicted octanol–water partition coefficient (Wildman–Crippen LogP) is 5.25. The molecule has 4 heteroatoms. The van der Waals surface area contributed by atoms with Crippen molar-refractivity contribution < 1.29 is 9.59 Å². The fraction of sp³-hybridized carbons (Fsp3) is 0.286. The third-order valence-electron chi connectivity index (χ3n) is 6.14. The maximum absolute atomic E-state index is 13.1. The first-order valence-corrected chi connectivity index (χ1v) is 11.4. The van der Waals surface area contributed by atoms with Crippen LogP contribution in [0.15, 0.2) is 72.8 Å². The van der Waals surface area contributed by atoms with E-state index in [1.807, 2.05) is 18.2 Å². The van der Waals surface area contributed by atoms with Crippen molar-refractivity contribution in [3.8, 4) is 0 Å². The lowest BCUT2D eigenvalue weighted by Crippen LogP contribution is -2.34. The molecule has 0 bridgehead atoms. The first kappa shape index (κ1) is 21.8. The van der Waals surface area contributed by atoms with E-state index in [1.54, 1.807) is 12.1 Å². The Labute approximate surface area is 190 Å². The summed E-state index contributed by atoms with van der Waals surface area (Å²) in [7, 11) is 0. The van der Waals surface area contributed by atoms with Crippen molar-refractivity contribution in [2.75, 3.05) is 18.0 Å². The zero-order valence-corrected chi connectivity index (χ0v) is 18.6. The minimum absolute atomic E-state index is 0.0390. The largest absolute Gasteiger partial charge is 0.371 e. The molecule has 1 N–H and O–H groups in total. The van der Waals surface area contributed by atoms with Gasteiger partial charge in [0, 0.05) is 29.9 Å². The number of nitrogens with zero attached hydrogens (tertiary/aromatic N) is 1. The smallest absolute Gasteiger partial charge is 0.225 e. The van der Waals surface area contributed by atoms with E-state index < -0.39 is 0 Å². The summed E-state index contributed by atoms with van der Waals surface area (Å²) in [6, 6.07) is 23.8. The van der Waals surface area contributed by atoms with E-state index in [2.05, 4.69) is 59.6 Å². The summed E-state index contributed by atoms with van der Waals surface area (Å²) >= 11 is 0. The maximum atomic E-state index is 13.1. The Bertz CT molecular complexity index is 1050. The van der Waals surface area contributed by atoms with Gasteiger partial charge in [0.05, 0.1) is 12.5 Å². The van der Waals surface area contributed by atoms with E-state index in [0.717, 1.165) is 36.1 Å². The summed E-state index contributed by atoms with van der Waals surface area (Å²) < 4.78 is 0. The van der Waals surface area contributed by atoms with Crippen LogP contribution >= 0.6 is 0 Å². The van der Waals surface area contributed by atoms with Crippen molar-refractivity contribution in [1.82, 2.24) is 5.32 Å². The molecule has 1 atom stereocenters. The molecule has 3 aromatic carbocycles. The quantitative estimate of drug-likeness (QED) is 0.525. The number of hydrogen-bond donors (Lipinski definition) is 1. The number of nitrogens with one attached hydrogen (secondary N) is 1. The van der Waals surface area contributed by atoms with E-state index in [0.29, 0.717) is 5.56 Å². The van der Waals surface area contributed by atoms with Crippen molar-refractivity contribution in [1.29, 1.82) is 0 Å². The Morgan fingerprint density at radius 2 is 1.62 bits per heavy atom. The van der Waals surface area contributed by atoms with Crippen LogP contribution in [0.5, 0.6) is 0 Å². The highest BCUT2D eigenvalue weighted by molar-refractivity contribution is 5.81. The maximum Gasteiger partial charge on any atom is 0.225 e. The van der Waals surface area contributed by atoms with Gasteiger partial charge in [0.1, 0.15) is 6.29 Å². The van der Waals surface area contributed by atoms with Crippen molar-refractivity contribution in [3.63, 3.8) is 0 Å². The highest BCUT2D eigenvalue weighted by Gasteiger charge is 2.23. The summed E-state index contributed by atoms with van der Waals surface area (Å²) in [5, 5.41) is 3.29. The molecule has 0 radical (unpaired) electrons. The standard InChI is InChI=1S/C28H30N2O2/c1-21-9-15-24(16-10-21)28(29-27(32)19-22-11-13-23(20-31)14-12-22)25-7-3-4-8-26(25)30-17-5-2-6-18-30/h3-4,7-16,20,28H,2,5-6,17-19H2,1H3,(H,29,32). The summed E-state index contributed by atoms with van der Waals surface area (Å²) in [6.07, 6.45) is 4.77. The van der Waals surface area contributed by atoms with Gasteiger partial charge in [-0.3, -0.25) is 9.59 Å². The average molecular weight is 427 g/mol. The highest BCUT2D eigenvalue weighted by Crippen LogP contribution is 2.32. The lowest BCUT2D eigenvalue weighted by molar-refractivity contribution is -0.120. The van der Waals surface area contributed by atoms with Gasteiger partial charge in [-0.1, -0.05) is 72.3 Å². The Morgan fingerprint density at radius 3 is 2.31 bits per heavy atom. The van der Waals surface area contributed by atoms with Crippen LogP contribution in [-0.4, -0.2) is 25.3 Å². The van der Waals surface area contributed by atoms with E-state index in [-0.39, 0.29) is 18.4 Å². The molecule has 1 saturated heterocycles. The molecule has 4 nitrogen and oxygen atoms in total. The van der Waals surface area contributed by atoms with Gasteiger partial charge in [-0.2, -0.15) is 0 Å². The molecule has 32 heavy (non-hydrogen) atoms. The molecule has 1 aliphatic heterocycles. The molecule has 1 amide bonds. The van der Waals surface area contributed by atoms with Crippen LogP contribution in [-0.2, 0) is 11.2 Å². The topological polar surface area (TPSA) is 49.4 Å². The van der Waals surface area contributed by atoms with Gasteiger partial charge < -0.3 is 10.2 Å². The second-order valence-corrected chi connectivity index (χ2v) is 8.55. The fourth-order valence-corrected chi connectivity index (χ4v) is 4.37. The van der Waals surface area contributed by atoms with Gasteiger partial charge in [-0.25, -0.2) is 0 Å². The molecular weight excluding hydrogens is 396 g/mol. The number of hydrogen-bond acceptors (Lipinski definition) is 3. The van der Waals surface area contributed by atoms with Gasteiger partial charge in [0.15, 0.2) is 0 Å². The number of carbonyl (C=O) groups excluding carboxylic acids is 2. The molecule has 0 aromatic heterocycles. The minimum atomic E-state index is -0.226.